The fraction of sp³-hybridized carbons (Fsp3) is 0.333. The third-order valence-electron chi connectivity index (χ3n) is 4.06. The first-order chi connectivity index (χ1) is 13.1. The van der Waals surface area contributed by atoms with Crippen LogP contribution in [0, 0.1) is 0 Å². The predicted molar refractivity (Wildman–Crippen MR) is 112 cm³/mol. The number of nitrogens with zero attached hydrogens (tertiary/aromatic N) is 4. The Labute approximate surface area is 174 Å². The van der Waals surface area contributed by atoms with Gasteiger partial charge >= 0.3 is 0 Å². The number of anilines is 1. The molecular formula is C18H17ClN4OS3. The molecule has 0 atom stereocenters. The second-order valence-electron chi connectivity index (χ2n) is 6.30. The number of hydrogen-bond acceptors (Lipinski definition) is 7. The van der Waals surface area contributed by atoms with E-state index >= 15 is 0 Å². The number of halogens is 1. The van der Waals surface area contributed by atoms with E-state index in [1.165, 1.54) is 16.9 Å². The van der Waals surface area contributed by atoms with Crippen molar-refractivity contribution in [2.75, 3.05) is 4.90 Å². The van der Waals surface area contributed by atoms with Gasteiger partial charge < -0.3 is 0 Å². The van der Waals surface area contributed by atoms with Crippen molar-refractivity contribution in [1.82, 2.24) is 15.2 Å². The number of benzene rings is 1. The summed E-state index contributed by atoms with van der Waals surface area (Å²) in [7, 11) is 0. The van der Waals surface area contributed by atoms with Crippen LogP contribution in [0.15, 0.2) is 34.0 Å². The zero-order valence-corrected chi connectivity index (χ0v) is 17.8. The number of hydrogen-bond donors (Lipinski definition) is 0. The molecule has 0 spiro atoms. The number of amides is 1. The summed E-state index contributed by atoms with van der Waals surface area (Å²) < 4.78 is 0.865. The summed E-state index contributed by atoms with van der Waals surface area (Å²) in [5, 5.41) is 13.1. The number of rotatable bonds is 7. The minimum absolute atomic E-state index is 0.0385. The van der Waals surface area contributed by atoms with Gasteiger partial charge in [-0.05, 0) is 30.5 Å². The predicted octanol–water partition coefficient (Wildman–Crippen LogP) is 5.05. The Morgan fingerprint density at radius 3 is 2.78 bits per heavy atom. The van der Waals surface area contributed by atoms with E-state index in [0.29, 0.717) is 11.2 Å². The number of carbonyl (C=O) groups is 1. The quantitative estimate of drug-likeness (QED) is 0.383. The van der Waals surface area contributed by atoms with Crippen molar-refractivity contribution in [3.05, 3.63) is 50.9 Å². The first kappa shape index (κ1) is 18.9. The SMILES string of the molecule is CC(=O)N(c1nnc(SCc2csc(Cc3ccc(Cl)cc3)n2)s1)C1CC1. The Balaban J connectivity index is 1.35. The van der Waals surface area contributed by atoms with Crippen molar-refractivity contribution in [3.63, 3.8) is 0 Å². The van der Waals surface area contributed by atoms with Crippen molar-refractivity contribution in [2.24, 2.45) is 0 Å². The molecule has 4 rings (SSSR count). The van der Waals surface area contributed by atoms with E-state index in [-0.39, 0.29) is 5.91 Å². The van der Waals surface area contributed by atoms with Crippen LogP contribution in [-0.4, -0.2) is 27.1 Å². The fourth-order valence-electron chi connectivity index (χ4n) is 2.65. The smallest absolute Gasteiger partial charge is 0.225 e. The summed E-state index contributed by atoms with van der Waals surface area (Å²) in [6, 6.07) is 8.17. The highest BCUT2D eigenvalue weighted by Gasteiger charge is 2.34. The van der Waals surface area contributed by atoms with E-state index < -0.39 is 0 Å². The minimum atomic E-state index is 0.0385. The summed E-state index contributed by atoms with van der Waals surface area (Å²) in [5.74, 6) is 0.784. The molecule has 0 saturated heterocycles. The highest BCUT2D eigenvalue weighted by Crippen LogP contribution is 2.36. The minimum Gasteiger partial charge on any atom is -0.284 e. The molecule has 0 aliphatic heterocycles. The molecule has 0 radical (unpaired) electrons. The molecule has 2 heterocycles. The first-order valence-electron chi connectivity index (χ1n) is 8.52. The summed E-state index contributed by atoms with van der Waals surface area (Å²) in [6.45, 7) is 1.59. The molecule has 140 valence electrons. The molecule has 0 unspecified atom stereocenters. The van der Waals surface area contributed by atoms with Gasteiger partial charge in [0.05, 0.1) is 10.7 Å². The van der Waals surface area contributed by atoms with Crippen LogP contribution in [0.2, 0.25) is 5.02 Å². The van der Waals surface area contributed by atoms with E-state index in [4.69, 9.17) is 16.6 Å². The largest absolute Gasteiger partial charge is 0.284 e. The van der Waals surface area contributed by atoms with Crippen LogP contribution >= 0.6 is 46.0 Å². The summed E-state index contributed by atoms with van der Waals surface area (Å²) >= 11 is 10.7. The van der Waals surface area contributed by atoms with Gasteiger partial charge in [0, 0.05) is 35.5 Å². The molecule has 3 aromatic rings. The Morgan fingerprint density at radius 2 is 2.07 bits per heavy atom. The molecule has 0 bridgehead atoms. The maximum absolute atomic E-state index is 11.8. The Hall–Kier alpha value is -1.48. The Morgan fingerprint density at radius 1 is 1.30 bits per heavy atom. The van der Waals surface area contributed by atoms with E-state index in [1.807, 2.05) is 24.3 Å². The number of carbonyl (C=O) groups excluding carboxylic acids is 1. The van der Waals surface area contributed by atoms with Gasteiger partial charge in [0.25, 0.3) is 0 Å². The Bertz CT molecular complexity index is 936. The van der Waals surface area contributed by atoms with Gasteiger partial charge in [0.2, 0.25) is 11.0 Å². The van der Waals surface area contributed by atoms with Gasteiger partial charge in [-0.3, -0.25) is 9.69 Å². The number of thioether (sulfide) groups is 1. The van der Waals surface area contributed by atoms with Crippen LogP contribution in [0.5, 0.6) is 0 Å². The lowest BCUT2D eigenvalue weighted by atomic mass is 10.2. The highest BCUT2D eigenvalue weighted by molar-refractivity contribution is 8.00. The monoisotopic (exact) mass is 436 g/mol. The third-order valence-corrected chi connectivity index (χ3v) is 7.30. The zero-order chi connectivity index (χ0) is 18.8. The summed E-state index contributed by atoms with van der Waals surface area (Å²) in [6.07, 6.45) is 2.91. The number of thiazole rings is 1. The van der Waals surface area contributed by atoms with E-state index in [1.54, 1.807) is 34.9 Å². The van der Waals surface area contributed by atoms with Crippen molar-refractivity contribution in [3.8, 4) is 0 Å². The zero-order valence-electron chi connectivity index (χ0n) is 14.6. The van der Waals surface area contributed by atoms with E-state index in [0.717, 1.165) is 45.1 Å². The summed E-state index contributed by atoms with van der Waals surface area (Å²) in [4.78, 5) is 18.3. The van der Waals surface area contributed by atoms with Gasteiger partial charge in [0.1, 0.15) is 0 Å². The molecule has 1 fully saturated rings. The van der Waals surface area contributed by atoms with Crippen molar-refractivity contribution < 1.29 is 4.79 Å². The van der Waals surface area contributed by atoms with Crippen molar-refractivity contribution in [2.45, 2.75) is 42.3 Å². The normalized spacial score (nSPS) is 13.7. The average Bonchev–Trinajstić information content (AvgIpc) is 3.18. The lowest BCUT2D eigenvalue weighted by Crippen LogP contribution is -2.30. The van der Waals surface area contributed by atoms with Gasteiger partial charge in [-0.25, -0.2) is 4.98 Å². The first-order valence-corrected chi connectivity index (χ1v) is 11.6. The Kier molecular flexibility index (Phi) is 5.77. The molecule has 0 N–H and O–H groups in total. The average molecular weight is 437 g/mol. The molecule has 1 aromatic carbocycles. The van der Waals surface area contributed by atoms with Crippen molar-refractivity contribution >= 4 is 57.1 Å². The van der Waals surface area contributed by atoms with Crippen LogP contribution < -0.4 is 4.90 Å². The van der Waals surface area contributed by atoms with Gasteiger partial charge in [-0.2, -0.15) is 0 Å². The maximum Gasteiger partial charge on any atom is 0.225 e. The standard InChI is InChI=1S/C18H17ClN4OS3/c1-11(24)23(15-6-7-15)17-21-22-18(27-17)26-10-14-9-25-16(20-14)8-12-2-4-13(19)5-3-12/h2-5,9,15H,6-8,10H2,1H3. The molecule has 1 aliphatic rings. The molecule has 27 heavy (non-hydrogen) atoms. The lowest BCUT2D eigenvalue weighted by Gasteiger charge is -2.15. The molecule has 5 nitrogen and oxygen atoms in total. The second-order valence-corrected chi connectivity index (χ2v) is 9.85. The van der Waals surface area contributed by atoms with Gasteiger partial charge in [-0.1, -0.05) is 46.8 Å². The molecule has 1 aliphatic carbocycles. The molecular weight excluding hydrogens is 420 g/mol. The topological polar surface area (TPSA) is 59.0 Å². The summed E-state index contributed by atoms with van der Waals surface area (Å²) in [5.41, 5.74) is 2.24. The van der Waals surface area contributed by atoms with Crippen LogP contribution in [0.1, 0.15) is 36.0 Å². The fourth-order valence-corrected chi connectivity index (χ4v) is 5.56. The van der Waals surface area contributed by atoms with Gasteiger partial charge in [0.15, 0.2) is 4.34 Å². The molecule has 1 saturated carbocycles. The van der Waals surface area contributed by atoms with Crippen molar-refractivity contribution in [1.29, 1.82) is 0 Å². The molecule has 9 heteroatoms. The molecule has 1 amide bonds. The van der Waals surface area contributed by atoms with Crippen LogP contribution in [0.4, 0.5) is 5.13 Å². The lowest BCUT2D eigenvalue weighted by molar-refractivity contribution is -0.116. The second kappa shape index (κ2) is 8.26. The van der Waals surface area contributed by atoms with E-state index in [2.05, 4.69) is 15.6 Å². The molecule has 2 aromatic heterocycles. The van der Waals surface area contributed by atoms with Crippen LogP contribution in [0.3, 0.4) is 0 Å². The van der Waals surface area contributed by atoms with E-state index in [9.17, 15) is 4.79 Å². The highest BCUT2D eigenvalue weighted by atomic mass is 35.5. The number of aromatic nitrogens is 3. The third kappa shape index (κ3) is 4.87. The maximum atomic E-state index is 11.8. The van der Waals surface area contributed by atoms with Crippen LogP contribution in [0.25, 0.3) is 0 Å². The van der Waals surface area contributed by atoms with Gasteiger partial charge in [-0.15, -0.1) is 21.5 Å². The van der Waals surface area contributed by atoms with Crippen LogP contribution in [-0.2, 0) is 17.0 Å².